The second-order valence-corrected chi connectivity index (χ2v) is 6.38. The standard InChI is InChI=1S/C19H24O/c1-5-15-11-13-17(14-12-15)19(20,18(2,3)4)16-9-7-6-8-10-16/h6-14,20H,5H2,1-4H3. The van der Waals surface area contributed by atoms with E-state index in [1.54, 1.807) is 0 Å². The Morgan fingerprint density at radius 1 is 0.800 bits per heavy atom. The number of benzene rings is 2. The first-order chi connectivity index (χ1) is 9.39. The number of rotatable bonds is 3. The summed E-state index contributed by atoms with van der Waals surface area (Å²) in [5.74, 6) is 0. The smallest absolute Gasteiger partial charge is 0.119 e. The van der Waals surface area contributed by atoms with Crippen molar-refractivity contribution in [1.82, 2.24) is 0 Å². The third-order valence-corrected chi connectivity index (χ3v) is 4.06. The molecule has 1 unspecified atom stereocenters. The molecule has 0 saturated heterocycles. The highest BCUT2D eigenvalue weighted by Gasteiger charge is 2.43. The van der Waals surface area contributed by atoms with Crippen molar-refractivity contribution >= 4 is 0 Å². The molecule has 20 heavy (non-hydrogen) atoms. The van der Waals surface area contributed by atoms with Gasteiger partial charge in [-0.05, 0) is 28.5 Å². The van der Waals surface area contributed by atoms with E-state index in [9.17, 15) is 5.11 Å². The predicted octanol–water partition coefficient (Wildman–Crippen LogP) is 4.53. The van der Waals surface area contributed by atoms with Crippen molar-refractivity contribution in [3.8, 4) is 0 Å². The van der Waals surface area contributed by atoms with Crippen LogP contribution in [-0.2, 0) is 12.0 Å². The summed E-state index contributed by atoms with van der Waals surface area (Å²) >= 11 is 0. The zero-order valence-electron chi connectivity index (χ0n) is 12.9. The number of aliphatic hydroxyl groups is 1. The van der Waals surface area contributed by atoms with Gasteiger partial charge in [0.25, 0.3) is 0 Å². The van der Waals surface area contributed by atoms with Crippen LogP contribution in [0.1, 0.15) is 44.4 Å². The van der Waals surface area contributed by atoms with Gasteiger partial charge < -0.3 is 5.11 Å². The molecular formula is C19H24O. The van der Waals surface area contributed by atoms with Gasteiger partial charge in [-0.1, -0.05) is 82.3 Å². The molecule has 0 radical (unpaired) electrons. The largest absolute Gasteiger partial charge is 0.380 e. The first-order valence-corrected chi connectivity index (χ1v) is 7.27. The third kappa shape index (κ3) is 2.51. The minimum atomic E-state index is -0.986. The summed E-state index contributed by atoms with van der Waals surface area (Å²) in [7, 11) is 0. The van der Waals surface area contributed by atoms with Crippen LogP contribution in [0.2, 0.25) is 0 Å². The molecule has 0 aliphatic rings. The molecule has 0 saturated carbocycles. The van der Waals surface area contributed by atoms with Gasteiger partial charge in [0.05, 0.1) is 0 Å². The van der Waals surface area contributed by atoms with E-state index >= 15 is 0 Å². The van der Waals surface area contributed by atoms with Crippen LogP contribution in [-0.4, -0.2) is 5.11 Å². The molecule has 0 aromatic heterocycles. The summed E-state index contributed by atoms with van der Waals surface area (Å²) in [6, 6.07) is 18.3. The van der Waals surface area contributed by atoms with Crippen LogP contribution in [0.3, 0.4) is 0 Å². The lowest BCUT2D eigenvalue weighted by Crippen LogP contribution is -2.41. The molecule has 1 N–H and O–H groups in total. The van der Waals surface area contributed by atoms with E-state index in [2.05, 4.69) is 52.0 Å². The van der Waals surface area contributed by atoms with E-state index in [-0.39, 0.29) is 5.41 Å². The maximum absolute atomic E-state index is 11.5. The fourth-order valence-electron chi connectivity index (χ4n) is 2.69. The summed E-state index contributed by atoms with van der Waals surface area (Å²) in [6.07, 6.45) is 1.01. The lowest BCUT2D eigenvalue weighted by molar-refractivity contribution is -0.0259. The number of hydrogen-bond donors (Lipinski definition) is 1. The first-order valence-electron chi connectivity index (χ1n) is 7.27. The molecule has 0 spiro atoms. The fourth-order valence-corrected chi connectivity index (χ4v) is 2.69. The van der Waals surface area contributed by atoms with Crippen LogP contribution >= 0.6 is 0 Å². The van der Waals surface area contributed by atoms with E-state index in [0.717, 1.165) is 17.5 Å². The summed E-state index contributed by atoms with van der Waals surface area (Å²) in [5, 5.41) is 11.5. The predicted molar refractivity (Wildman–Crippen MR) is 84.7 cm³/mol. The minimum absolute atomic E-state index is 0.290. The van der Waals surface area contributed by atoms with Gasteiger partial charge in [-0.15, -0.1) is 0 Å². The molecule has 106 valence electrons. The van der Waals surface area contributed by atoms with Crippen LogP contribution in [0.15, 0.2) is 54.6 Å². The molecule has 1 nitrogen and oxygen atoms in total. The zero-order valence-corrected chi connectivity index (χ0v) is 12.9. The highest BCUT2D eigenvalue weighted by Crippen LogP contribution is 2.44. The SMILES string of the molecule is CCc1ccc(C(O)(c2ccccc2)C(C)(C)C)cc1. The molecule has 2 aromatic rings. The van der Waals surface area contributed by atoms with Crippen LogP contribution in [0.5, 0.6) is 0 Å². The van der Waals surface area contributed by atoms with Crippen molar-refractivity contribution in [2.75, 3.05) is 0 Å². The summed E-state index contributed by atoms with van der Waals surface area (Å²) in [4.78, 5) is 0. The number of hydrogen-bond acceptors (Lipinski definition) is 1. The van der Waals surface area contributed by atoms with Gasteiger partial charge in [0, 0.05) is 0 Å². The van der Waals surface area contributed by atoms with Gasteiger partial charge >= 0.3 is 0 Å². The molecule has 0 bridgehead atoms. The molecule has 0 heterocycles. The Kier molecular flexibility index (Phi) is 4.01. The Labute approximate surface area is 122 Å². The molecule has 0 amide bonds. The quantitative estimate of drug-likeness (QED) is 0.867. The normalized spacial score (nSPS) is 14.8. The van der Waals surface area contributed by atoms with Crippen molar-refractivity contribution < 1.29 is 5.11 Å². The van der Waals surface area contributed by atoms with E-state index in [4.69, 9.17) is 0 Å². The van der Waals surface area contributed by atoms with Crippen molar-refractivity contribution in [3.63, 3.8) is 0 Å². The summed E-state index contributed by atoms with van der Waals surface area (Å²) in [5.41, 5.74) is 1.91. The average Bonchev–Trinajstić information content (AvgIpc) is 2.46. The molecule has 0 aliphatic carbocycles. The Bertz CT molecular complexity index is 549. The second-order valence-electron chi connectivity index (χ2n) is 6.38. The molecule has 1 heteroatoms. The molecule has 0 aliphatic heterocycles. The van der Waals surface area contributed by atoms with Crippen molar-refractivity contribution in [2.45, 2.75) is 39.7 Å². The van der Waals surface area contributed by atoms with Crippen LogP contribution < -0.4 is 0 Å². The average molecular weight is 268 g/mol. The van der Waals surface area contributed by atoms with Gasteiger partial charge in [0.2, 0.25) is 0 Å². The number of aryl methyl sites for hydroxylation is 1. The molecule has 1 atom stereocenters. The van der Waals surface area contributed by atoms with Crippen molar-refractivity contribution in [2.24, 2.45) is 5.41 Å². The highest BCUT2D eigenvalue weighted by atomic mass is 16.3. The van der Waals surface area contributed by atoms with Gasteiger partial charge in [-0.2, -0.15) is 0 Å². The Morgan fingerprint density at radius 3 is 1.75 bits per heavy atom. The lowest BCUT2D eigenvalue weighted by atomic mass is 9.68. The zero-order chi connectivity index (χ0) is 14.8. The maximum atomic E-state index is 11.5. The Balaban J connectivity index is 2.58. The molecule has 2 aromatic carbocycles. The van der Waals surface area contributed by atoms with Crippen molar-refractivity contribution in [1.29, 1.82) is 0 Å². The van der Waals surface area contributed by atoms with Crippen LogP contribution in [0.4, 0.5) is 0 Å². The van der Waals surface area contributed by atoms with Gasteiger partial charge in [-0.3, -0.25) is 0 Å². The lowest BCUT2D eigenvalue weighted by Gasteiger charge is -2.41. The van der Waals surface area contributed by atoms with Gasteiger partial charge in [0.15, 0.2) is 0 Å². The highest BCUT2D eigenvalue weighted by molar-refractivity contribution is 5.39. The van der Waals surface area contributed by atoms with Crippen LogP contribution in [0, 0.1) is 5.41 Å². The van der Waals surface area contributed by atoms with Crippen molar-refractivity contribution in [3.05, 3.63) is 71.3 Å². The first kappa shape index (κ1) is 14.8. The van der Waals surface area contributed by atoms with Crippen LogP contribution in [0.25, 0.3) is 0 Å². The minimum Gasteiger partial charge on any atom is -0.380 e. The third-order valence-electron chi connectivity index (χ3n) is 4.06. The van der Waals surface area contributed by atoms with Gasteiger partial charge in [0.1, 0.15) is 5.60 Å². The van der Waals surface area contributed by atoms with E-state index in [1.165, 1.54) is 5.56 Å². The second kappa shape index (κ2) is 5.41. The molecule has 0 fully saturated rings. The molecule has 2 rings (SSSR count). The van der Waals surface area contributed by atoms with E-state index in [0.29, 0.717) is 0 Å². The Morgan fingerprint density at radius 2 is 1.30 bits per heavy atom. The summed E-state index contributed by atoms with van der Waals surface area (Å²) < 4.78 is 0. The van der Waals surface area contributed by atoms with Gasteiger partial charge in [-0.25, -0.2) is 0 Å². The monoisotopic (exact) mass is 268 g/mol. The molecular weight excluding hydrogens is 244 g/mol. The van der Waals surface area contributed by atoms with E-state index in [1.807, 2.05) is 30.3 Å². The Hall–Kier alpha value is -1.60. The fraction of sp³-hybridized carbons (Fsp3) is 0.368. The van der Waals surface area contributed by atoms with E-state index < -0.39 is 5.60 Å². The topological polar surface area (TPSA) is 20.2 Å². The maximum Gasteiger partial charge on any atom is 0.119 e. The summed E-state index contributed by atoms with van der Waals surface area (Å²) in [6.45, 7) is 8.37.